The molecule has 0 aromatic carbocycles. The van der Waals surface area contributed by atoms with Gasteiger partial charge in [0.1, 0.15) is 13.2 Å². The molecule has 0 N–H and O–H groups in total. The van der Waals surface area contributed by atoms with Crippen molar-refractivity contribution in [3.8, 4) is 0 Å². The van der Waals surface area contributed by atoms with Gasteiger partial charge >= 0.3 is 17.9 Å². The molecule has 0 aliphatic rings. The molecule has 0 amide bonds. The van der Waals surface area contributed by atoms with E-state index in [0.717, 1.165) is 116 Å². The highest BCUT2D eigenvalue weighted by atomic mass is 16.6. The van der Waals surface area contributed by atoms with Crippen molar-refractivity contribution in [3.63, 3.8) is 0 Å². The number of carbonyl (C=O) groups is 3. The molecule has 0 saturated carbocycles. The first-order valence-corrected chi connectivity index (χ1v) is 33.9. The molecule has 78 heavy (non-hydrogen) atoms. The lowest BCUT2D eigenvalue weighted by atomic mass is 10.0. The Hall–Kier alpha value is -3.15. The summed E-state index contributed by atoms with van der Waals surface area (Å²) in [6.45, 7) is 6.47. The number of allylic oxidation sites excluding steroid dienone is 12. The second-order valence-corrected chi connectivity index (χ2v) is 22.7. The second kappa shape index (κ2) is 66.4. The van der Waals surface area contributed by atoms with Gasteiger partial charge in [0.05, 0.1) is 0 Å². The SMILES string of the molecule is CC/C=C\C/C=C\C/C=C\CCCCCCCC(=O)OC(COC(=O)CCCCCCC/C=C\CCC)COC(=O)CCCCCCCCCCCCCCCCCCCCCCCCC/C=C\C/C=C\CCCCCCC. The van der Waals surface area contributed by atoms with Crippen LogP contribution in [0.25, 0.3) is 0 Å². The molecule has 0 radical (unpaired) electrons. The Morgan fingerprint density at radius 3 is 0.846 bits per heavy atom. The average Bonchev–Trinajstić information content (AvgIpc) is 3.44. The number of esters is 3. The van der Waals surface area contributed by atoms with Crippen LogP contribution in [-0.2, 0) is 28.6 Å². The first-order valence-electron chi connectivity index (χ1n) is 33.9. The Morgan fingerprint density at radius 2 is 0.526 bits per heavy atom. The highest BCUT2D eigenvalue weighted by Gasteiger charge is 2.19. The molecule has 0 aliphatic carbocycles. The summed E-state index contributed by atoms with van der Waals surface area (Å²) in [6.07, 6.45) is 86.7. The number of ether oxygens (including phenoxy) is 3. The van der Waals surface area contributed by atoms with Crippen LogP contribution in [0.4, 0.5) is 0 Å². The minimum absolute atomic E-state index is 0.0820. The monoisotopic (exact) mass is 1090 g/mol. The zero-order valence-corrected chi connectivity index (χ0v) is 51.9. The average molecular weight is 1090 g/mol. The van der Waals surface area contributed by atoms with Crippen molar-refractivity contribution in [1.82, 2.24) is 0 Å². The molecule has 6 nitrogen and oxygen atoms in total. The van der Waals surface area contributed by atoms with Crippen molar-refractivity contribution in [2.24, 2.45) is 0 Å². The molecule has 0 heterocycles. The fraction of sp³-hybridized carbons (Fsp3) is 0.792. The third kappa shape index (κ3) is 63.7. The van der Waals surface area contributed by atoms with Crippen LogP contribution in [0.15, 0.2) is 72.9 Å². The van der Waals surface area contributed by atoms with Gasteiger partial charge in [-0.3, -0.25) is 14.4 Å². The van der Waals surface area contributed by atoms with E-state index in [0.29, 0.717) is 19.3 Å². The lowest BCUT2D eigenvalue weighted by Crippen LogP contribution is -2.30. The van der Waals surface area contributed by atoms with Crippen LogP contribution in [0, 0.1) is 0 Å². The van der Waals surface area contributed by atoms with Gasteiger partial charge in [-0.25, -0.2) is 0 Å². The maximum Gasteiger partial charge on any atom is 0.306 e. The second-order valence-electron chi connectivity index (χ2n) is 22.7. The van der Waals surface area contributed by atoms with Crippen molar-refractivity contribution in [1.29, 1.82) is 0 Å². The van der Waals surface area contributed by atoms with Gasteiger partial charge < -0.3 is 14.2 Å². The maximum atomic E-state index is 12.9. The lowest BCUT2D eigenvalue weighted by molar-refractivity contribution is -0.167. The first-order chi connectivity index (χ1) is 38.5. The number of rotatable bonds is 62. The van der Waals surface area contributed by atoms with E-state index in [1.165, 1.54) is 193 Å². The molecule has 0 aliphatic heterocycles. The minimum atomic E-state index is -0.786. The smallest absolute Gasteiger partial charge is 0.306 e. The Labute approximate surface area is 484 Å². The molecule has 0 aromatic rings. The maximum absolute atomic E-state index is 12.9. The van der Waals surface area contributed by atoms with Crippen LogP contribution in [0.1, 0.15) is 348 Å². The summed E-state index contributed by atoms with van der Waals surface area (Å²) >= 11 is 0. The van der Waals surface area contributed by atoms with E-state index in [1.807, 2.05) is 0 Å². The van der Waals surface area contributed by atoms with Gasteiger partial charge in [0, 0.05) is 19.3 Å². The Bertz CT molecular complexity index is 1440. The molecule has 452 valence electrons. The summed E-state index contributed by atoms with van der Waals surface area (Å²) in [6, 6.07) is 0. The summed E-state index contributed by atoms with van der Waals surface area (Å²) in [5, 5.41) is 0. The lowest BCUT2D eigenvalue weighted by Gasteiger charge is -2.18. The predicted octanol–water partition coefficient (Wildman–Crippen LogP) is 23.3. The largest absolute Gasteiger partial charge is 0.462 e. The van der Waals surface area contributed by atoms with Crippen LogP contribution >= 0.6 is 0 Å². The van der Waals surface area contributed by atoms with Gasteiger partial charge in [-0.15, -0.1) is 0 Å². The van der Waals surface area contributed by atoms with Crippen molar-refractivity contribution < 1.29 is 28.6 Å². The van der Waals surface area contributed by atoms with Crippen molar-refractivity contribution in [3.05, 3.63) is 72.9 Å². The highest BCUT2D eigenvalue weighted by molar-refractivity contribution is 5.71. The molecule has 0 spiro atoms. The number of hydrogen-bond donors (Lipinski definition) is 0. The quantitative estimate of drug-likeness (QED) is 0.0261. The normalized spacial score (nSPS) is 12.5. The standard InChI is InChI=1S/C72H128O6/c1-4-7-10-13-16-19-22-24-26-27-28-29-30-31-32-33-34-35-36-37-38-39-40-41-42-43-44-45-47-48-50-53-56-59-62-65-71(74)77-68-69(67-76-70(73)64-61-58-55-52-21-18-15-12-9-6-3)78-72(75)66-63-60-57-54-51-49-46-25-23-20-17-14-11-8-5-2/h8,11-12,15,17,20,22,24-25,27-28,46,69H,4-7,9-10,13-14,16,18-19,21,23,26,29-45,47-68H2,1-3H3/b11-8-,15-12-,20-17-,24-22-,28-27-,46-25-. The van der Waals surface area contributed by atoms with E-state index in [9.17, 15) is 14.4 Å². The topological polar surface area (TPSA) is 78.9 Å². The van der Waals surface area contributed by atoms with E-state index in [2.05, 4.69) is 93.7 Å². The fourth-order valence-corrected chi connectivity index (χ4v) is 9.85. The van der Waals surface area contributed by atoms with Gasteiger partial charge in [-0.1, -0.05) is 299 Å². The zero-order valence-electron chi connectivity index (χ0n) is 51.9. The van der Waals surface area contributed by atoms with Gasteiger partial charge in [-0.2, -0.15) is 0 Å². The third-order valence-corrected chi connectivity index (χ3v) is 14.9. The van der Waals surface area contributed by atoms with E-state index >= 15 is 0 Å². The molecular formula is C72H128O6. The molecule has 0 bridgehead atoms. The summed E-state index contributed by atoms with van der Waals surface area (Å²) in [5.41, 5.74) is 0. The molecule has 0 aromatic heterocycles. The van der Waals surface area contributed by atoms with Crippen molar-refractivity contribution in [2.75, 3.05) is 13.2 Å². The Morgan fingerprint density at radius 1 is 0.269 bits per heavy atom. The minimum Gasteiger partial charge on any atom is -0.462 e. The van der Waals surface area contributed by atoms with Crippen LogP contribution in [0.3, 0.4) is 0 Å². The number of unbranched alkanes of at least 4 members (excludes halogenated alkanes) is 39. The molecule has 1 unspecified atom stereocenters. The number of hydrogen-bond acceptors (Lipinski definition) is 6. The number of carbonyl (C=O) groups excluding carboxylic acids is 3. The van der Waals surface area contributed by atoms with Crippen LogP contribution in [-0.4, -0.2) is 37.2 Å². The third-order valence-electron chi connectivity index (χ3n) is 14.9. The highest BCUT2D eigenvalue weighted by Crippen LogP contribution is 2.18. The van der Waals surface area contributed by atoms with Crippen LogP contribution in [0.2, 0.25) is 0 Å². The Kier molecular flexibility index (Phi) is 63.7. The molecule has 0 saturated heterocycles. The predicted molar refractivity (Wildman–Crippen MR) is 339 cm³/mol. The van der Waals surface area contributed by atoms with E-state index in [4.69, 9.17) is 14.2 Å². The van der Waals surface area contributed by atoms with Crippen LogP contribution < -0.4 is 0 Å². The zero-order chi connectivity index (χ0) is 56.4. The Balaban J connectivity index is 4.02. The van der Waals surface area contributed by atoms with Gasteiger partial charge in [0.15, 0.2) is 6.10 Å². The molecule has 0 fully saturated rings. The van der Waals surface area contributed by atoms with Crippen LogP contribution in [0.5, 0.6) is 0 Å². The van der Waals surface area contributed by atoms with Crippen molar-refractivity contribution >= 4 is 17.9 Å². The van der Waals surface area contributed by atoms with Crippen molar-refractivity contribution in [2.45, 2.75) is 354 Å². The van der Waals surface area contributed by atoms with E-state index < -0.39 is 6.10 Å². The summed E-state index contributed by atoms with van der Waals surface area (Å²) in [4.78, 5) is 38.2. The summed E-state index contributed by atoms with van der Waals surface area (Å²) < 4.78 is 16.9. The van der Waals surface area contributed by atoms with E-state index in [-0.39, 0.29) is 31.1 Å². The van der Waals surface area contributed by atoms with Gasteiger partial charge in [0.2, 0.25) is 0 Å². The van der Waals surface area contributed by atoms with Gasteiger partial charge in [0.25, 0.3) is 0 Å². The molecule has 0 rings (SSSR count). The van der Waals surface area contributed by atoms with E-state index in [1.54, 1.807) is 0 Å². The first kappa shape index (κ1) is 74.8. The van der Waals surface area contributed by atoms with Gasteiger partial charge in [-0.05, 0) is 103 Å². The summed E-state index contributed by atoms with van der Waals surface area (Å²) in [7, 11) is 0. The fourth-order valence-electron chi connectivity index (χ4n) is 9.85. The summed E-state index contributed by atoms with van der Waals surface area (Å²) in [5.74, 6) is -0.897. The molecule has 6 heteroatoms. The molecule has 1 atom stereocenters. The molecular weight excluding hydrogens is 961 g/mol.